The van der Waals surface area contributed by atoms with E-state index in [1.165, 1.54) is 0 Å². The molecule has 0 atom stereocenters. The monoisotopic (exact) mass is 284 g/mol. The molecule has 0 saturated carbocycles. The molecule has 4 heteroatoms. The molecule has 1 aliphatic rings. The summed E-state index contributed by atoms with van der Waals surface area (Å²) >= 11 is 6.14. The van der Waals surface area contributed by atoms with Crippen LogP contribution in [0.15, 0.2) is 12.1 Å². The molecule has 1 aromatic rings. The zero-order valence-corrected chi connectivity index (χ0v) is 12.6. The molecule has 1 N–H and O–H groups in total. The van der Waals surface area contributed by atoms with E-state index in [0.29, 0.717) is 0 Å². The largest absolute Gasteiger partial charge is 0.493 e. The summed E-state index contributed by atoms with van der Waals surface area (Å²) in [5.74, 6) is 0.927. The predicted octanol–water partition coefficient (Wildman–Crippen LogP) is 1.64. The van der Waals surface area contributed by atoms with E-state index in [1.54, 1.807) is 4.90 Å². The molecule has 19 heavy (non-hydrogen) atoms. The number of rotatable bonds is 5. The van der Waals surface area contributed by atoms with Gasteiger partial charge in [0.2, 0.25) is 0 Å². The van der Waals surface area contributed by atoms with Crippen molar-refractivity contribution in [2.45, 2.75) is 20.3 Å². The van der Waals surface area contributed by atoms with E-state index < -0.39 is 0 Å². The first-order valence-corrected chi connectivity index (χ1v) is 7.35. The van der Waals surface area contributed by atoms with Gasteiger partial charge in [-0.25, -0.2) is 0 Å². The van der Waals surface area contributed by atoms with Crippen LogP contribution in [0, 0.1) is 13.8 Å². The van der Waals surface area contributed by atoms with Gasteiger partial charge in [-0.2, -0.15) is 0 Å². The van der Waals surface area contributed by atoms with E-state index in [1.807, 2.05) is 26.0 Å². The Hall–Kier alpha value is -0.770. The summed E-state index contributed by atoms with van der Waals surface area (Å²) < 4.78 is 11.2. The average molecular weight is 285 g/mol. The lowest BCUT2D eigenvalue weighted by Gasteiger charge is -2.23. The second kappa shape index (κ2) is 7.13. The van der Waals surface area contributed by atoms with Gasteiger partial charge in [0, 0.05) is 11.4 Å². The van der Waals surface area contributed by atoms with E-state index in [-0.39, 0.29) is 0 Å². The van der Waals surface area contributed by atoms with Crippen LogP contribution in [0.4, 0.5) is 0 Å². The second-order valence-corrected chi connectivity index (χ2v) is 5.56. The summed E-state index contributed by atoms with van der Waals surface area (Å²) in [7, 11) is 0. The van der Waals surface area contributed by atoms with Crippen LogP contribution in [0.3, 0.4) is 0 Å². The van der Waals surface area contributed by atoms with Gasteiger partial charge in [-0.3, -0.25) is 0 Å². The van der Waals surface area contributed by atoms with Crippen LogP contribution in [0.25, 0.3) is 0 Å². The van der Waals surface area contributed by atoms with Crippen LogP contribution >= 0.6 is 11.6 Å². The van der Waals surface area contributed by atoms with Gasteiger partial charge in [0.25, 0.3) is 0 Å². The summed E-state index contributed by atoms with van der Waals surface area (Å²) in [6.07, 6.45) is 1.08. The molecule has 0 aliphatic carbocycles. The molecule has 0 radical (unpaired) electrons. The minimum Gasteiger partial charge on any atom is -0.493 e. The van der Waals surface area contributed by atoms with E-state index in [2.05, 4.69) is 0 Å². The Morgan fingerprint density at radius 3 is 2.47 bits per heavy atom. The van der Waals surface area contributed by atoms with Crippen molar-refractivity contribution in [3.63, 3.8) is 0 Å². The molecule has 0 bridgehead atoms. The number of ether oxygens (including phenoxy) is 2. The molecular weight excluding hydrogens is 262 g/mol. The molecule has 1 saturated heterocycles. The number of hydrogen-bond donors (Lipinski definition) is 1. The Balaban J connectivity index is 1.73. The van der Waals surface area contributed by atoms with Crippen molar-refractivity contribution < 1.29 is 14.4 Å². The summed E-state index contributed by atoms with van der Waals surface area (Å²) in [4.78, 5) is 1.62. The molecule has 1 heterocycles. The van der Waals surface area contributed by atoms with Crippen molar-refractivity contribution in [1.82, 2.24) is 0 Å². The smallest absolute Gasteiger partial charge is 0.119 e. The molecule has 0 unspecified atom stereocenters. The minimum atomic E-state index is 0.769. The maximum Gasteiger partial charge on any atom is 0.119 e. The number of nitrogens with one attached hydrogen (secondary N) is 1. The lowest BCUT2D eigenvalue weighted by molar-refractivity contribution is -0.908. The van der Waals surface area contributed by atoms with Gasteiger partial charge < -0.3 is 14.4 Å². The van der Waals surface area contributed by atoms with Crippen molar-refractivity contribution in [2.24, 2.45) is 0 Å². The molecule has 0 amide bonds. The Bertz CT molecular complexity index is 394. The predicted molar refractivity (Wildman–Crippen MR) is 77.4 cm³/mol. The number of halogens is 1. The quantitative estimate of drug-likeness (QED) is 0.831. The number of aryl methyl sites for hydroxylation is 2. The van der Waals surface area contributed by atoms with E-state index in [9.17, 15) is 0 Å². The van der Waals surface area contributed by atoms with Crippen molar-refractivity contribution in [3.8, 4) is 5.75 Å². The third kappa shape index (κ3) is 4.37. The standard InChI is InChI=1S/C15H22ClNO2/c1-12-10-14(11-13(2)15(12)16)19-7-3-4-17-5-8-18-9-6-17/h10-11H,3-9H2,1-2H3/p+1. The van der Waals surface area contributed by atoms with Crippen molar-refractivity contribution in [3.05, 3.63) is 28.3 Å². The molecule has 106 valence electrons. The van der Waals surface area contributed by atoms with Crippen LogP contribution in [-0.4, -0.2) is 39.5 Å². The fourth-order valence-corrected chi connectivity index (χ4v) is 2.52. The fourth-order valence-electron chi connectivity index (χ4n) is 2.41. The topological polar surface area (TPSA) is 22.9 Å². The molecule has 1 fully saturated rings. The molecule has 0 spiro atoms. The summed E-state index contributed by atoms with van der Waals surface area (Å²) in [6, 6.07) is 4.02. The molecule has 1 aliphatic heterocycles. The van der Waals surface area contributed by atoms with Gasteiger partial charge in [0.05, 0.1) is 26.4 Å². The molecule has 0 aromatic heterocycles. The first kappa shape index (κ1) is 14.6. The zero-order valence-electron chi connectivity index (χ0n) is 11.8. The second-order valence-electron chi connectivity index (χ2n) is 5.19. The number of benzene rings is 1. The third-order valence-electron chi connectivity index (χ3n) is 3.55. The lowest BCUT2D eigenvalue weighted by Crippen LogP contribution is -3.14. The SMILES string of the molecule is Cc1cc(OCCC[NH+]2CCOCC2)cc(C)c1Cl. The summed E-state index contributed by atoms with van der Waals surface area (Å²) in [6.45, 7) is 10.00. The summed E-state index contributed by atoms with van der Waals surface area (Å²) in [5, 5.41) is 0.838. The van der Waals surface area contributed by atoms with Crippen molar-refractivity contribution >= 4 is 11.6 Å². The number of morpholine rings is 1. The Morgan fingerprint density at radius 2 is 1.84 bits per heavy atom. The Labute approximate surface area is 120 Å². The highest BCUT2D eigenvalue weighted by atomic mass is 35.5. The van der Waals surface area contributed by atoms with Crippen LogP contribution in [0.5, 0.6) is 5.75 Å². The van der Waals surface area contributed by atoms with Gasteiger partial charge in [0.15, 0.2) is 0 Å². The number of hydrogen-bond acceptors (Lipinski definition) is 2. The van der Waals surface area contributed by atoms with Crippen LogP contribution < -0.4 is 9.64 Å². The van der Waals surface area contributed by atoms with Gasteiger partial charge in [-0.1, -0.05) is 11.6 Å². The highest BCUT2D eigenvalue weighted by molar-refractivity contribution is 6.32. The Morgan fingerprint density at radius 1 is 1.21 bits per heavy atom. The van der Waals surface area contributed by atoms with Crippen molar-refractivity contribution in [1.29, 1.82) is 0 Å². The maximum absolute atomic E-state index is 6.14. The normalized spacial score (nSPS) is 16.6. The Kier molecular flexibility index (Phi) is 5.49. The van der Waals surface area contributed by atoms with Gasteiger partial charge in [-0.15, -0.1) is 0 Å². The third-order valence-corrected chi connectivity index (χ3v) is 4.15. The summed E-state index contributed by atoms with van der Waals surface area (Å²) in [5.41, 5.74) is 2.16. The highest BCUT2D eigenvalue weighted by Crippen LogP contribution is 2.25. The maximum atomic E-state index is 6.14. The average Bonchev–Trinajstić information content (AvgIpc) is 2.42. The van der Waals surface area contributed by atoms with E-state index >= 15 is 0 Å². The fraction of sp³-hybridized carbons (Fsp3) is 0.600. The molecule has 3 nitrogen and oxygen atoms in total. The lowest BCUT2D eigenvalue weighted by atomic mass is 10.1. The highest BCUT2D eigenvalue weighted by Gasteiger charge is 2.12. The zero-order chi connectivity index (χ0) is 13.7. The molecule has 1 aromatic carbocycles. The van der Waals surface area contributed by atoms with Gasteiger partial charge in [-0.05, 0) is 37.1 Å². The van der Waals surface area contributed by atoms with Crippen molar-refractivity contribution in [2.75, 3.05) is 39.5 Å². The molecular formula is C15H23ClNO2+. The first-order chi connectivity index (χ1) is 9.16. The molecule has 2 rings (SSSR count). The van der Waals surface area contributed by atoms with E-state index in [0.717, 1.165) is 67.8 Å². The van der Waals surface area contributed by atoms with Gasteiger partial charge in [0.1, 0.15) is 18.8 Å². The van der Waals surface area contributed by atoms with Gasteiger partial charge >= 0.3 is 0 Å². The van der Waals surface area contributed by atoms with Crippen LogP contribution in [0.2, 0.25) is 5.02 Å². The number of quaternary nitrogens is 1. The van der Waals surface area contributed by atoms with Crippen LogP contribution in [0.1, 0.15) is 17.5 Å². The van der Waals surface area contributed by atoms with Crippen LogP contribution in [-0.2, 0) is 4.74 Å². The first-order valence-electron chi connectivity index (χ1n) is 6.97. The van der Waals surface area contributed by atoms with E-state index in [4.69, 9.17) is 21.1 Å². The minimum absolute atomic E-state index is 0.769.